The molecule has 0 aliphatic carbocycles. The number of aromatic hydroxyl groups is 1. The number of carboxylic acids is 1. The molecule has 3 rings (SSSR count). The third-order valence-electron chi connectivity index (χ3n) is 3.90. The Hall–Kier alpha value is -2.11. The maximum absolute atomic E-state index is 11.3. The third-order valence-corrected chi connectivity index (χ3v) is 3.90. The Morgan fingerprint density at radius 2 is 2.10 bits per heavy atom. The molecule has 5 heteroatoms. The van der Waals surface area contributed by atoms with E-state index in [2.05, 4.69) is 0 Å². The number of aliphatic carboxylic acids is 1. The van der Waals surface area contributed by atoms with Crippen LogP contribution in [-0.4, -0.2) is 46.9 Å². The molecule has 1 heterocycles. The van der Waals surface area contributed by atoms with Crippen molar-refractivity contribution >= 4 is 16.7 Å². The standard InChI is InChI=1S/C16H17NO4/c18-15-6-5-11-3-1-2-4-12(11)13(15)9-17-7-8-21-10-14(17)16(19)20/h1-6,14,18H,7-10H2,(H,19,20). The molecule has 0 aromatic heterocycles. The summed E-state index contributed by atoms with van der Waals surface area (Å²) in [6, 6.07) is 10.6. The molecule has 1 saturated heterocycles. The minimum absolute atomic E-state index is 0.181. The fraction of sp³-hybridized carbons (Fsp3) is 0.312. The molecule has 1 fully saturated rings. The molecular weight excluding hydrogens is 270 g/mol. The Bertz CT molecular complexity index is 670. The van der Waals surface area contributed by atoms with Gasteiger partial charge in [-0.2, -0.15) is 0 Å². The van der Waals surface area contributed by atoms with Gasteiger partial charge in [0.1, 0.15) is 11.8 Å². The first-order valence-corrected chi connectivity index (χ1v) is 6.91. The number of hydrogen-bond acceptors (Lipinski definition) is 4. The summed E-state index contributed by atoms with van der Waals surface area (Å²) in [5.41, 5.74) is 0.765. The summed E-state index contributed by atoms with van der Waals surface area (Å²) in [5, 5.41) is 21.4. The molecule has 0 amide bonds. The predicted octanol–water partition coefficient (Wildman–Crippen LogP) is 1.83. The van der Waals surface area contributed by atoms with Gasteiger partial charge >= 0.3 is 5.97 Å². The van der Waals surface area contributed by atoms with Crippen LogP contribution in [0.25, 0.3) is 10.8 Å². The molecule has 0 radical (unpaired) electrons. The Morgan fingerprint density at radius 1 is 1.29 bits per heavy atom. The molecule has 5 nitrogen and oxygen atoms in total. The van der Waals surface area contributed by atoms with Crippen LogP contribution in [0.1, 0.15) is 5.56 Å². The Balaban J connectivity index is 1.97. The zero-order chi connectivity index (χ0) is 14.8. The van der Waals surface area contributed by atoms with Gasteiger partial charge in [0, 0.05) is 18.7 Å². The Kier molecular flexibility index (Phi) is 3.77. The van der Waals surface area contributed by atoms with E-state index < -0.39 is 12.0 Å². The molecule has 0 spiro atoms. The van der Waals surface area contributed by atoms with Crippen LogP contribution < -0.4 is 0 Å². The fourth-order valence-electron chi connectivity index (χ4n) is 2.75. The highest BCUT2D eigenvalue weighted by atomic mass is 16.5. The van der Waals surface area contributed by atoms with E-state index in [-0.39, 0.29) is 12.4 Å². The van der Waals surface area contributed by atoms with E-state index in [1.807, 2.05) is 35.2 Å². The second kappa shape index (κ2) is 5.71. The van der Waals surface area contributed by atoms with Gasteiger partial charge in [-0.05, 0) is 16.8 Å². The number of ether oxygens (including phenoxy) is 1. The second-order valence-electron chi connectivity index (χ2n) is 5.18. The molecule has 1 unspecified atom stereocenters. The quantitative estimate of drug-likeness (QED) is 0.901. The number of nitrogens with zero attached hydrogens (tertiary/aromatic N) is 1. The van der Waals surface area contributed by atoms with Gasteiger partial charge in [-0.25, -0.2) is 0 Å². The molecule has 2 N–H and O–H groups in total. The lowest BCUT2D eigenvalue weighted by molar-refractivity contribution is -0.150. The smallest absolute Gasteiger partial charge is 0.323 e. The molecule has 110 valence electrons. The molecular formula is C16H17NO4. The molecule has 21 heavy (non-hydrogen) atoms. The molecule has 1 atom stereocenters. The van der Waals surface area contributed by atoms with Crippen LogP contribution in [-0.2, 0) is 16.1 Å². The zero-order valence-electron chi connectivity index (χ0n) is 11.5. The lowest BCUT2D eigenvalue weighted by atomic mass is 10.0. The van der Waals surface area contributed by atoms with Crippen molar-refractivity contribution in [3.8, 4) is 5.75 Å². The van der Waals surface area contributed by atoms with E-state index in [9.17, 15) is 15.0 Å². The van der Waals surface area contributed by atoms with Crippen molar-refractivity contribution in [2.45, 2.75) is 12.6 Å². The minimum Gasteiger partial charge on any atom is -0.508 e. The number of benzene rings is 2. The van der Waals surface area contributed by atoms with Crippen LogP contribution in [0, 0.1) is 0 Å². The maximum atomic E-state index is 11.3. The molecule has 1 aliphatic heterocycles. The topological polar surface area (TPSA) is 70.0 Å². The first-order valence-electron chi connectivity index (χ1n) is 6.91. The first-order chi connectivity index (χ1) is 10.2. The fourth-order valence-corrected chi connectivity index (χ4v) is 2.75. The minimum atomic E-state index is -0.894. The van der Waals surface area contributed by atoms with Crippen LogP contribution in [0.3, 0.4) is 0 Å². The van der Waals surface area contributed by atoms with Crippen molar-refractivity contribution < 1.29 is 19.7 Å². The third kappa shape index (κ3) is 2.70. The Labute approximate surface area is 122 Å². The average molecular weight is 287 g/mol. The lowest BCUT2D eigenvalue weighted by Gasteiger charge is -2.33. The number of phenolic OH excluding ortho intramolecular Hbond substituents is 1. The van der Waals surface area contributed by atoms with Crippen LogP contribution in [0.4, 0.5) is 0 Å². The van der Waals surface area contributed by atoms with Crippen LogP contribution in [0.2, 0.25) is 0 Å². The van der Waals surface area contributed by atoms with Gasteiger partial charge in [-0.3, -0.25) is 9.69 Å². The van der Waals surface area contributed by atoms with Gasteiger partial charge in [-0.1, -0.05) is 30.3 Å². The number of fused-ring (bicyclic) bond motifs is 1. The van der Waals surface area contributed by atoms with E-state index in [0.717, 1.165) is 16.3 Å². The van der Waals surface area contributed by atoms with E-state index in [0.29, 0.717) is 19.7 Å². The number of phenols is 1. The molecule has 0 saturated carbocycles. The van der Waals surface area contributed by atoms with Crippen LogP contribution in [0.15, 0.2) is 36.4 Å². The molecule has 1 aliphatic rings. The number of carboxylic acid groups (broad SMARTS) is 1. The largest absolute Gasteiger partial charge is 0.508 e. The average Bonchev–Trinajstić information content (AvgIpc) is 2.50. The highest BCUT2D eigenvalue weighted by Crippen LogP contribution is 2.29. The van der Waals surface area contributed by atoms with E-state index in [1.165, 1.54) is 0 Å². The van der Waals surface area contributed by atoms with Gasteiger partial charge in [0.25, 0.3) is 0 Å². The summed E-state index contributed by atoms with van der Waals surface area (Å²) in [4.78, 5) is 13.2. The van der Waals surface area contributed by atoms with Gasteiger partial charge in [0.2, 0.25) is 0 Å². The van der Waals surface area contributed by atoms with Crippen molar-refractivity contribution in [3.63, 3.8) is 0 Å². The molecule has 2 aromatic rings. The van der Waals surface area contributed by atoms with Gasteiger partial charge in [0.05, 0.1) is 13.2 Å². The van der Waals surface area contributed by atoms with Crippen molar-refractivity contribution in [1.29, 1.82) is 0 Å². The molecule has 0 bridgehead atoms. The van der Waals surface area contributed by atoms with E-state index in [4.69, 9.17) is 4.74 Å². The summed E-state index contributed by atoms with van der Waals surface area (Å²) < 4.78 is 5.24. The summed E-state index contributed by atoms with van der Waals surface area (Å²) in [7, 11) is 0. The highest BCUT2D eigenvalue weighted by Gasteiger charge is 2.29. The number of hydrogen-bond donors (Lipinski definition) is 2. The van der Waals surface area contributed by atoms with Gasteiger partial charge in [0.15, 0.2) is 0 Å². The zero-order valence-corrected chi connectivity index (χ0v) is 11.5. The van der Waals surface area contributed by atoms with Crippen molar-refractivity contribution in [3.05, 3.63) is 42.0 Å². The summed E-state index contributed by atoms with van der Waals surface area (Å²) in [5.74, 6) is -0.696. The first kappa shape index (κ1) is 13.9. The summed E-state index contributed by atoms with van der Waals surface area (Å²) in [6.45, 7) is 1.63. The van der Waals surface area contributed by atoms with Crippen LogP contribution in [0.5, 0.6) is 5.75 Å². The predicted molar refractivity (Wildman–Crippen MR) is 78.3 cm³/mol. The van der Waals surface area contributed by atoms with E-state index in [1.54, 1.807) is 6.07 Å². The SMILES string of the molecule is O=C(O)C1COCCN1Cc1c(O)ccc2ccccc12. The van der Waals surface area contributed by atoms with Crippen molar-refractivity contribution in [2.24, 2.45) is 0 Å². The van der Waals surface area contributed by atoms with Gasteiger partial charge < -0.3 is 14.9 Å². The summed E-state index contributed by atoms with van der Waals surface area (Å²) in [6.07, 6.45) is 0. The number of morpholine rings is 1. The normalized spacial score (nSPS) is 19.7. The maximum Gasteiger partial charge on any atom is 0.323 e. The number of rotatable bonds is 3. The monoisotopic (exact) mass is 287 g/mol. The summed E-state index contributed by atoms with van der Waals surface area (Å²) >= 11 is 0. The van der Waals surface area contributed by atoms with Gasteiger partial charge in [-0.15, -0.1) is 0 Å². The van der Waals surface area contributed by atoms with Crippen molar-refractivity contribution in [1.82, 2.24) is 4.90 Å². The highest BCUT2D eigenvalue weighted by molar-refractivity contribution is 5.87. The van der Waals surface area contributed by atoms with Crippen LogP contribution >= 0.6 is 0 Å². The van der Waals surface area contributed by atoms with Crippen molar-refractivity contribution in [2.75, 3.05) is 19.8 Å². The molecule has 2 aromatic carbocycles. The Morgan fingerprint density at radius 3 is 2.90 bits per heavy atom. The lowest BCUT2D eigenvalue weighted by Crippen LogP contribution is -2.49. The second-order valence-corrected chi connectivity index (χ2v) is 5.18. The van der Waals surface area contributed by atoms with E-state index >= 15 is 0 Å². The number of carbonyl (C=O) groups is 1.